The van der Waals surface area contributed by atoms with Crippen molar-refractivity contribution in [2.24, 2.45) is 5.73 Å². The van der Waals surface area contributed by atoms with Crippen LogP contribution < -0.4 is 11.3 Å². The second-order valence-electron chi connectivity index (χ2n) is 5.04. The second kappa shape index (κ2) is 5.14. The van der Waals surface area contributed by atoms with Gasteiger partial charge >= 0.3 is 0 Å². The van der Waals surface area contributed by atoms with Gasteiger partial charge in [0.25, 0.3) is 5.56 Å². The summed E-state index contributed by atoms with van der Waals surface area (Å²) in [6.07, 6.45) is 0. The predicted molar refractivity (Wildman–Crippen MR) is 82.1 cm³/mol. The van der Waals surface area contributed by atoms with E-state index < -0.39 is 5.82 Å². The van der Waals surface area contributed by atoms with E-state index in [1.807, 2.05) is 30.3 Å². The molecule has 0 fully saturated rings. The minimum absolute atomic E-state index is 0.259. The first kappa shape index (κ1) is 13.5. The van der Waals surface area contributed by atoms with E-state index in [4.69, 9.17) is 5.73 Å². The van der Waals surface area contributed by atoms with Crippen molar-refractivity contribution >= 4 is 10.8 Å². The van der Waals surface area contributed by atoms with Crippen molar-refractivity contribution in [3.63, 3.8) is 0 Å². The van der Waals surface area contributed by atoms with Gasteiger partial charge in [-0.1, -0.05) is 24.3 Å². The predicted octanol–water partition coefficient (Wildman–Crippen LogP) is 3.15. The van der Waals surface area contributed by atoms with Crippen LogP contribution in [0.5, 0.6) is 0 Å². The van der Waals surface area contributed by atoms with Gasteiger partial charge in [0.1, 0.15) is 5.82 Å². The summed E-state index contributed by atoms with van der Waals surface area (Å²) in [6.45, 7) is 1.78. The average Bonchev–Trinajstić information content (AvgIpc) is 2.48. The van der Waals surface area contributed by atoms with E-state index in [1.54, 1.807) is 29.7 Å². The van der Waals surface area contributed by atoms with E-state index in [1.165, 1.54) is 6.07 Å². The second-order valence-corrected chi connectivity index (χ2v) is 5.04. The Balaban J connectivity index is 2.46. The Morgan fingerprint density at radius 2 is 1.76 bits per heavy atom. The van der Waals surface area contributed by atoms with Gasteiger partial charge in [-0.3, -0.25) is 9.36 Å². The zero-order chi connectivity index (χ0) is 15.0. The van der Waals surface area contributed by atoms with Crippen LogP contribution in [0.4, 0.5) is 4.39 Å². The molecule has 2 N–H and O–H groups in total. The summed E-state index contributed by atoms with van der Waals surface area (Å²) < 4.78 is 15.5. The highest BCUT2D eigenvalue weighted by atomic mass is 19.1. The number of pyridine rings is 1. The van der Waals surface area contributed by atoms with Gasteiger partial charge < -0.3 is 5.73 Å². The van der Waals surface area contributed by atoms with Crippen molar-refractivity contribution in [3.05, 3.63) is 76.5 Å². The van der Waals surface area contributed by atoms with Gasteiger partial charge in [-0.2, -0.15) is 0 Å². The molecule has 0 bridgehead atoms. The minimum Gasteiger partial charge on any atom is -0.323 e. The lowest BCUT2D eigenvalue weighted by atomic mass is 10.1. The Kier molecular flexibility index (Phi) is 3.31. The summed E-state index contributed by atoms with van der Waals surface area (Å²) in [7, 11) is 0. The number of nitrogens with zero attached hydrogens (tertiary/aromatic N) is 1. The van der Waals surface area contributed by atoms with Crippen LogP contribution in [0.25, 0.3) is 16.5 Å². The number of rotatable bonds is 2. The first-order valence-electron chi connectivity index (χ1n) is 6.75. The highest BCUT2D eigenvalue weighted by Crippen LogP contribution is 2.21. The van der Waals surface area contributed by atoms with E-state index in [0.717, 1.165) is 5.69 Å². The fraction of sp³-hybridized carbons (Fsp3) is 0.118. The number of fused-ring (bicyclic) bond motifs is 1. The SMILES string of the molecule is C[C@H](N)c1cc2c(F)cccc2c(=O)n1-c1ccccc1. The molecule has 2 aromatic carbocycles. The fourth-order valence-electron chi connectivity index (χ4n) is 2.50. The molecule has 1 atom stereocenters. The molecule has 0 unspecified atom stereocenters. The van der Waals surface area contributed by atoms with E-state index in [0.29, 0.717) is 16.5 Å². The molecule has 0 saturated carbocycles. The lowest BCUT2D eigenvalue weighted by Gasteiger charge is -2.17. The number of hydrogen-bond donors (Lipinski definition) is 1. The van der Waals surface area contributed by atoms with E-state index >= 15 is 0 Å². The number of hydrogen-bond acceptors (Lipinski definition) is 2. The van der Waals surface area contributed by atoms with Crippen molar-refractivity contribution in [2.45, 2.75) is 13.0 Å². The number of aromatic nitrogens is 1. The normalized spacial score (nSPS) is 12.5. The molecule has 3 nitrogen and oxygen atoms in total. The average molecular weight is 282 g/mol. The van der Waals surface area contributed by atoms with Crippen LogP contribution in [-0.4, -0.2) is 4.57 Å². The molecule has 0 saturated heterocycles. The summed E-state index contributed by atoms with van der Waals surface area (Å²) in [5, 5.41) is 0.658. The zero-order valence-corrected chi connectivity index (χ0v) is 11.6. The standard InChI is InChI=1S/C17H15FN2O/c1-11(19)16-10-14-13(8-5-9-15(14)18)17(21)20(16)12-6-3-2-4-7-12/h2-11H,19H2,1H3/t11-/m0/s1. The van der Waals surface area contributed by atoms with Gasteiger partial charge in [-0.25, -0.2) is 4.39 Å². The monoisotopic (exact) mass is 282 g/mol. The number of benzene rings is 2. The molecule has 1 aromatic heterocycles. The maximum Gasteiger partial charge on any atom is 0.263 e. The van der Waals surface area contributed by atoms with Crippen molar-refractivity contribution in [3.8, 4) is 5.69 Å². The van der Waals surface area contributed by atoms with Gasteiger partial charge in [0.05, 0.1) is 5.39 Å². The van der Waals surface area contributed by atoms with Crippen LogP contribution in [0.1, 0.15) is 18.7 Å². The summed E-state index contributed by atoms with van der Waals surface area (Å²) in [4.78, 5) is 12.7. The maximum absolute atomic E-state index is 14.0. The van der Waals surface area contributed by atoms with E-state index in [2.05, 4.69) is 0 Å². The summed E-state index contributed by atoms with van der Waals surface area (Å²) in [6, 6.07) is 15.0. The quantitative estimate of drug-likeness (QED) is 0.785. The van der Waals surface area contributed by atoms with Gasteiger partial charge in [0.15, 0.2) is 0 Å². The summed E-state index contributed by atoms with van der Waals surface area (Å²) in [5.74, 6) is -0.410. The molecule has 3 aromatic rings. The first-order chi connectivity index (χ1) is 10.1. The summed E-state index contributed by atoms with van der Waals surface area (Å²) >= 11 is 0. The zero-order valence-electron chi connectivity index (χ0n) is 11.6. The number of nitrogens with two attached hydrogens (primary N) is 1. The molecule has 3 rings (SSSR count). The van der Waals surface area contributed by atoms with Crippen molar-refractivity contribution < 1.29 is 4.39 Å². The molecule has 0 amide bonds. The Labute approximate surface area is 121 Å². The van der Waals surface area contributed by atoms with Gasteiger partial charge in [-0.15, -0.1) is 0 Å². The van der Waals surface area contributed by atoms with Crippen LogP contribution in [0, 0.1) is 5.82 Å². The molecule has 1 heterocycles. The van der Waals surface area contributed by atoms with E-state index in [9.17, 15) is 9.18 Å². The van der Waals surface area contributed by atoms with Gasteiger partial charge in [0, 0.05) is 22.8 Å². The van der Waals surface area contributed by atoms with Crippen LogP contribution >= 0.6 is 0 Å². The molecule has 4 heteroatoms. The summed E-state index contributed by atoms with van der Waals surface area (Å²) in [5.41, 5.74) is 7.03. The molecule has 106 valence electrons. The van der Waals surface area contributed by atoms with Gasteiger partial charge in [-0.05, 0) is 37.3 Å². The smallest absolute Gasteiger partial charge is 0.263 e. The fourth-order valence-corrected chi connectivity index (χ4v) is 2.50. The molecule has 0 spiro atoms. The lowest BCUT2D eigenvalue weighted by molar-refractivity contribution is 0.638. The Hall–Kier alpha value is -2.46. The van der Waals surface area contributed by atoms with Crippen molar-refractivity contribution in [1.29, 1.82) is 0 Å². The van der Waals surface area contributed by atoms with Crippen molar-refractivity contribution in [2.75, 3.05) is 0 Å². The molecular formula is C17H15FN2O. The first-order valence-corrected chi connectivity index (χ1v) is 6.75. The molecule has 21 heavy (non-hydrogen) atoms. The van der Waals surface area contributed by atoms with Crippen LogP contribution in [-0.2, 0) is 0 Å². The topological polar surface area (TPSA) is 48.0 Å². The Morgan fingerprint density at radius 3 is 2.43 bits per heavy atom. The molecule has 0 aliphatic rings. The third-order valence-electron chi connectivity index (χ3n) is 3.52. The molecule has 0 aliphatic carbocycles. The molecular weight excluding hydrogens is 267 g/mol. The van der Waals surface area contributed by atoms with Crippen molar-refractivity contribution in [1.82, 2.24) is 4.57 Å². The Morgan fingerprint density at radius 1 is 1.05 bits per heavy atom. The highest BCUT2D eigenvalue weighted by Gasteiger charge is 2.15. The molecule has 0 radical (unpaired) electrons. The molecule has 0 aliphatic heterocycles. The lowest BCUT2D eigenvalue weighted by Crippen LogP contribution is -2.25. The van der Waals surface area contributed by atoms with E-state index in [-0.39, 0.29) is 11.6 Å². The highest BCUT2D eigenvalue weighted by molar-refractivity contribution is 5.83. The minimum atomic E-state index is -0.410. The largest absolute Gasteiger partial charge is 0.323 e. The number of para-hydroxylation sites is 1. The Bertz CT molecular complexity index is 854. The van der Waals surface area contributed by atoms with Crippen LogP contribution in [0.15, 0.2) is 59.4 Å². The van der Waals surface area contributed by atoms with Crippen LogP contribution in [0.3, 0.4) is 0 Å². The maximum atomic E-state index is 14.0. The van der Waals surface area contributed by atoms with Gasteiger partial charge in [0.2, 0.25) is 0 Å². The van der Waals surface area contributed by atoms with Crippen LogP contribution in [0.2, 0.25) is 0 Å². The third kappa shape index (κ3) is 2.23. The number of halogens is 1. The third-order valence-corrected chi connectivity index (χ3v) is 3.52.